The Labute approximate surface area is 167 Å². The van der Waals surface area contributed by atoms with Gasteiger partial charge >= 0.3 is 11.9 Å². The summed E-state index contributed by atoms with van der Waals surface area (Å²) < 4.78 is 10.2. The SMILES string of the molecule is C[C@H](COC(=O)C(N)CC(=O)c1ccc(Cl)cc1N)OC(=O)c1ccccc1. The molecule has 0 spiro atoms. The van der Waals surface area contributed by atoms with Crippen molar-refractivity contribution in [3.8, 4) is 0 Å². The van der Waals surface area contributed by atoms with E-state index in [1.54, 1.807) is 37.3 Å². The van der Waals surface area contributed by atoms with Crippen LogP contribution in [0.15, 0.2) is 48.5 Å². The zero-order valence-corrected chi connectivity index (χ0v) is 16.0. The molecule has 0 radical (unpaired) electrons. The summed E-state index contributed by atoms with van der Waals surface area (Å²) in [6, 6.07) is 11.7. The van der Waals surface area contributed by atoms with Gasteiger partial charge in [-0.15, -0.1) is 0 Å². The van der Waals surface area contributed by atoms with Crippen molar-refractivity contribution in [3.63, 3.8) is 0 Å². The molecule has 7 nitrogen and oxygen atoms in total. The standard InChI is InChI=1S/C20H21ClN2O5/c1-12(28-19(25)13-5-3-2-4-6-13)11-27-20(26)17(23)10-18(24)15-8-7-14(21)9-16(15)22/h2-9,12,17H,10-11,22-23H2,1H3/t12-,17?/m1/s1. The summed E-state index contributed by atoms with van der Waals surface area (Å²) >= 11 is 5.80. The maximum Gasteiger partial charge on any atom is 0.338 e. The van der Waals surface area contributed by atoms with Gasteiger partial charge in [0.15, 0.2) is 5.78 Å². The smallest absolute Gasteiger partial charge is 0.338 e. The van der Waals surface area contributed by atoms with Crippen molar-refractivity contribution in [2.75, 3.05) is 12.3 Å². The number of Topliss-reactive ketones (excluding diaryl/α,β-unsaturated/α-hetero) is 1. The summed E-state index contributed by atoms with van der Waals surface area (Å²) in [7, 11) is 0. The minimum absolute atomic E-state index is 0.178. The molecule has 0 aromatic heterocycles. The zero-order valence-electron chi connectivity index (χ0n) is 15.3. The van der Waals surface area contributed by atoms with Crippen LogP contribution in [0.5, 0.6) is 0 Å². The number of esters is 2. The molecule has 0 aliphatic carbocycles. The normalized spacial score (nSPS) is 12.7. The first-order chi connectivity index (χ1) is 13.3. The van der Waals surface area contributed by atoms with Crippen molar-refractivity contribution in [1.82, 2.24) is 0 Å². The van der Waals surface area contributed by atoms with Crippen molar-refractivity contribution in [2.24, 2.45) is 5.73 Å². The van der Waals surface area contributed by atoms with Crippen LogP contribution in [0.2, 0.25) is 5.02 Å². The largest absolute Gasteiger partial charge is 0.461 e. The van der Waals surface area contributed by atoms with Crippen LogP contribution in [-0.4, -0.2) is 36.5 Å². The van der Waals surface area contributed by atoms with Crippen molar-refractivity contribution in [1.29, 1.82) is 0 Å². The lowest BCUT2D eigenvalue weighted by atomic mass is 10.0. The van der Waals surface area contributed by atoms with E-state index in [2.05, 4.69) is 0 Å². The van der Waals surface area contributed by atoms with Gasteiger partial charge in [0, 0.05) is 22.7 Å². The summed E-state index contributed by atoms with van der Waals surface area (Å²) in [6.45, 7) is 1.40. The molecule has 1 unspecified atom stereocenters. The Bertz CT molecular complexity index is 857. The fourth-order valence-corrected chi connectivity index (χ4v) is 2.53. The molecule has 0 fully saturated rings. The zero-order chi connectivity index (χ0) is 20.7. The highest BCUT2D eigenvalue weighted by atomic mass is 35.5. The van der Waals surface area contributed by atoms with Gasteiger partial charge < -0.3 is 20.9 Å². The molecule has 2 atom stereocenters. The molecule has 0 heterocycles. The molecule has 28 heavy (non-hydrogen) atoms. The minimum Gasteiger partial charge on any atom is -0.461 e. The van der Waals surface area contributed by atoms with Gasteiger partial charge in [-0.1, -0.05) is 29.8 Å². The molecule has 2 aromatic carbocycles. The number of anilines is 1. The first kappa shape index (κ1) is 21.4. The molecule has 0 saturated heterocycles. The Morgan fingerprint density at radius 2 is 1.79 bits per heavy atom. The van der Waals surface area contributed by atoms with Gasteiger partial charge in [-0.05, 0) is 37.3 Å². The second kappa shape index (κ2) is 9.87. The average molecular weight is 405 g/mol. The van der Waals surface area contributed by atoms with Gasteiger partial charge in [-0.3, -0.25) is 9.59 Å². The maximum absolute atomic E-state index is 12.3. The quantitative estimate of drug-likeness (QED) is 0.394. The molecular weight excluding hydrogens is 384 g/mol. The first-order valence-electron chi connectivity index (χ1n) is 8.54. The Balaban J connectivity index is 1.81. The summed E-state index contributed by atoms with van der Waals surface area (Å²) in [4.78, 5) is 36.2. The van der Waals surface area contributed by atoms with Gasteiger partial charge in [0.25, 0.3) is 0 Å². The van der Waals surface area contributed by atoms with E-state index in [9.17, 15) is 14.4 Å². The number of carbonyl (C=O) groups excluding carboxylic acids is 3. The molecule has 0 saturated carbocycles. The van der Waals surface area contributed by atoms with Crippen LogP contribution in [0, 0.1) is 0 Å². The minimum atomic E-state index is -1.17. The lowest BCUT2D eigenvalue weighted by Gasteiger charge is -2.16. The monoisotopic (exact) mass is 404 g/mol. The lowest BCUT2D eigenvalue weighted by molar-refractivity contribution is -0.148. The number of ketones is 1. The number of ether oxygens (including phenoxy) is 2. The highest BCUT2D eigenvalue weighted by molar-refractivity contribution is 6.31. The van der Waals surface area contributed by atoms with E-state index in [1.165, 1.54) is 18.2 Å². The van der Waals surface area contributed by atoms with Gasteiger partial charge in [-0.2, -0.15) is 0 Å². The van der Waals surface area contributed by atoms with Crippen LogP contribution >= 0.6 is 11.6 Å². The highest BCUT2D eigenvalue weighted by Gasteiger charge is 2.22. The summed E-state index contributed by atoms with van der Waals surface area (Å²) in [5.74, 6) is -1.70. The molecule has 0 bridgehead atoms. The van der Waals surface area contributed by atoms with Crippen molar-refractivity contribution < 1.29 is 23.9 Å². The van der Waals surface area contributed by atoms with Crippen LogP contribution in [-0.2, 0) is 14.3 Å². The number of halogens is 1. The van der Waals surface area contributed by atoms with Gasteiger partial charge in [0.2, 0.25) is 0 Å². The number of nitrogens with two attached hydrogens (primary N) is 2. The van der Waals surface area contributed by atoms with Crippen molar-refractivity contribution >= 4 is 35.0 Å². The Kier molecular flexibility index (Phi) is 7.54. The van der Waals surface area contributed by atoms with E-state index in [0.717, 1.165) is 0 Å². The molecule has 0 aliphatic rings. The van der Waals surface area contributed by atoms with Crippen molar-refractivity contribution in [2.45, 2.75) is 25.5 Å². The third-order valence-corrected chi connectivity index (χ3v) is 4.04. The second-order valence-electron chi connectivity index (χ2n) is 6.18. The molecule has 2 aromatic rings. The summed E-state index contributed by atoms with van der Waals surface area (Å²) in [6.07, 6.45) is -0.950. The van der Waals surface area contributed by atoms with Crippen LogP contribution < -0.4 is 11.5 Å². The maximum atomic E-state index is 12.3. The number of rotatable bonds is 8. The number of hydrogen-bond acceptors (Lipinski definition) is 7. The molecule has 2 rings (SSSR count). The van der Waals surface area contributed by atoms with E-state index in [-0.39, 0.29) is 24.3 Å². The fourth-order valence-electron chi connectivity index (χ4n) is 2.35. The molecule has 148 valence electrons. The van der Waals surface area contributed by atoms with Crippen LogP contribution in [0.25, 0.3) is 0 Å². The Morgan fingerprint density at radius 3 is 2.43 bits per heavy atom. The fraction of sp³-hybridized carbons (Fsp3) is 0.250. The van der Waals surface area contributed by atoms with Crippen molar-refractivity contribution in [3.05, 3.63) is 64.7 Å². The third kappa shape index (κ3) is 6.07. The molecule has 8 heteroatoms. The van der Waals surface area contributed by atoms with Gasteiger partial charge in [0.1, 0.15) is 18.8 Å². The summed E-state index contributed by atoms with van der Waals surface area (Å²) in [5.41, 5.74) is 12.3. The van der Waals surface area contributed by atoms with E-state index < -0.39 is 29.9 Å². The first-order valence-corrected chi connectivity index (χ1v) is 8.92. The van der Waals surface area contributed by atoms with Crippen LogP contribution in [0.1, 0.15) is 34.1 Å². The van der Waals surface area contributed by atoms with Gasteiger partial charge in [0.05, 0.1) is 5.56 Å². The molecule has 0 aliphatic heterocycles. The Hall–Kier alpha value is -2.90. The summed E-state index contributed by atoms with van der Waals surface area (Å²) in [5, 5.41) is 0.400. The second-order valence-corrected chi connectivity index (χ2v) is 6.61. The van der Waals surface area contributed by atoms with E-state index >= 15 is 0 Å². The Morgan fingerprint density at radius 1 is 1.11 bits per heavy atom. The predicted octanol–water partition coefficient (Wildman–Crippen LogP) is 2.61. The van der Waals surface area contributed by atoms with Crippen LogP contribution in [0.3, 0.4) is 0 Å². The molecule has 0 amide bonds. The van der Waals surface area contributed by atoms with E-state index in [4.69, 9.17) is 32.5 Å². The molecule has 4 N–H and O–H groups in total. The van der Waals surface area contributed by atoms with Crippen LogP contribution in [0.4, 0.5) is 5.69 Å². The molecular formula is C20H21ClN2O5. The lowest BCUT2D eigenvalue weighted by Crippen LogP contribution is -2.36. The van der Waals surface area contributed by atoms with Gasteiger partial charge in [-0.25, -0.2) is 4.79 Å². The number of benzene rings is 2. The van der Waals surface area contributed by atoms with E-state index in [1.807, 2.05) is 0 Å². The number of carbonyl (C=O) groups is 3. The number of nitrogen functional groups attached to an aromatic ring is 1. The van der Waals surface area contributed by atoms with E-state index in [0.29, 0.717) is 10.6 Å². The highest BCUT2D eigenvalue weighted by Crippen LogP contribution is 2.20. The predicted molar refractivity (Wildman–Crippen MR) is 105 cm³/mol. The average Bonchev–Trinajstić information content (AvgIpc) is 2.66. The topological polar surface area (TPSA) is 122 Å². The third-order valence-electron chi connectivity index (χ3n) is 3.80. The number of hydrogen-bond donors (Lipinski definition) is 2.